The first kappa shape index (κ1) is 15.1. The van der Waals surface area contributed by atoms with Crippen molar-refractivity contribution < 1.29 is 0 Å². The van der Waals surface area contributed by atoms with Crippen molar-refractivity contribution in [2.24, 2.45) is 0 Å². The molecule has 0 aliphatic rings. The SMILES string of the molecule is Cc1cc(-n2c(=O)[nH]c(Cl)c(C(C)C)c2=O)ccc1Br. The normalized spacial score (nSPS) is 11.1. The lowest BCUT2D eigenvalue weighted by molar-refractivity contribution is 0.777. The summed E-state index contributed by atoms with van der Waals surface area (Å²) in [4.78, 5) is 27.1. The largest absolute Gasteiger partial charge is 0.334 e. The van der Waals surface area contributed by atoms with Gasteiger partial charge in [0.25, 0.3) is 5.56 Å². The number of hydrogen-bond acceptors (Lipinski definition) is 2. The van der Waals surface area contributed by atoms with Crippen LogP contribution in [0.5, 0.6) is 0 Å². The van der Waals surface area contributed by atoms with E-state index in [2.05, 4.69) is 20.9 Å². The van der Waals surface area contributed by atoms with Gasteiger partial charge in [0.2, 0.25) is 0 Å². The molecule has 0 fully saturated rings. The van der Waals surface area contributed by atoms with Crippen molar-refractivity contribution in [2.75, 3.05) is 0 Å². The summed E-state index contributed by atoms with van der Waals surface area (Å²) < 4.78 is 2.03. The van der Waals surface area contributed by atoms with Crippen LogP contribution in [-0.2, 0) is 0 Å². The minimum absolute atomic E-state index is 0.0744. The lowest BCUT2D eigenvalue weighted by Gasteiger charge is -2.12. The molecular weight excluding hydrogens is 344 g/mol. The first-order valence-corrected chi connectivity index (χ1v) is 7.31. The number of halogens is 2. The first-order valence-electron chi connectivity index (χ1n) is 6.14. The summed E-state index contributed by atoms with van der Waals surface area (Å²) in [6.07, 6.45) is 0. The van der Waals surface area contributed by atoms with Gasteiger partial charge in [-0.3, -0.25) is 9.78 Å². The molecule has 0 spiro atoms. The van der Waals surface area contributed by atoms with E-state index in [4.69, 9.17) is 11.6 Å². The van der Waals surface area contributed by atoms with Crippen molar-refractivity contribution in [3.63, 3.8) is 0 Å². The summed E-state index contributed by atoms with van der Waals surface area (Å²) in [6, 6.07) is 5.30. The minimum atomic E-state index is -0.536. The smallest absolute Gasteiger partial charge is 0.297 e. The summed E-state index contributed by atoms with van der Waals surface area (Å²) in [5.41, 5.74) is 0.957. The number of H-pyrrole nitrogens is 1. The molecule has 0 bridgehead atoms. The van der Waals surface area contributed by atoms with Crippen LogP contribution in [0, 0.1) is 6.92 Å². The summed E-state index contributed by atoms with van der Waals surface area (Å²) in [5.74, 6) is -0.0744. The van der Waals surface area contributed by atoms with E-state index < -0.39 is 5.69 Å². The number of nitrogens with zero attached hydrogens (tertiary/aromatic N) is 1. The Hall–Kier alpha value is -1.33. The van der Waals surface area contributed by atoms with E-state index in [1.807, 2.05) is 20.8 Å². The highest BCUT2D eigenvalue weighted by atomic mass is 79.9. The summed E-state index contributed by atoms with van der Waals surface area (Å²) in [5, 5.41) is 0.111. The maximum atomic E-state index is 12.5. The predicted molar refractivity (Wildman–Crippen MR) is 84.2 cm³/mol. The Balaban J connectivity index is 2.81. The van der Waals surface area contributed by atoms with Crippen LogP contribution in [0.1, 0.15) is 30.9 Å². The predicted octanol–water partition coefficient (Wildman–Crippen LogP) is 3.37. The van der Waals surface area contributed by atoms with Crippen molar-refractivity contribution in [3.8, 4) is 5.69 Å². The van der Waals surface area contributed by atoms with Gasteiger partial charge in [0.15, 0.2) is 0 Å². The van der Waals surface area contributed by atoms with E-state index in [1.165, 1.54) is 0 Å². The number of aryl methyl sites for hydroxylation is 1. The summed E-state index contributed by atoms with van der Waals surface area (Å²) in [6.45, 7) is 5.61. The van der Waals surface area contributed by atoms with Gasteiger partial charge in [-0.1, -0.05) is 41.4 Å². The molecule has 4 nitrogen and oxygen atoms in total. The maximum absolute atomic E-state index is 12.5. The van der Waals surface area contributed by atoms with E-state index in [9.17, 15) is 9.59 Å². The van der Waals surface area contributed by atoms with Crippen molar-refractivity contribution in [2.45, 2.75) is 26.7 Å². The van der Waals surface area contributed by atoms with Gasteiger partial charge < -0.3 is 0 Å². The van der Waals surface area contributed by atoms with Crippen LogP contribution in [0.15, 0.2) is 32.3 Å². The highest BCUT2D eigenvalue weighted by Crippen LogP contribution is 2.20. The molecule has 20 heavy (non-hydrogen) atoms. The summed E-state index contributed by atoms with van der Waals surface area (Å²) in [7, 11) is 0. The van der Waals surface area contributed by atoms with Crippen LogP contribution < -0.4 is 11.2 Å². The molecule has 1 aromatic heterocycles. The average molecular weight is 358 g/mol. The molecule has 1 N–H and O–H groups in total. The molecule has 0 aliphatic heterocycles. The van der Waals surface area contributed by atoms with Crippen molar-refractivity contribution in [1.82, 2.24) is 9.55 Å². The maximum Gasteiger partial charge on any atom is 0.334 e. The molecule has 106 valence electrons. The summed E-state index contributed by atoms with van der Waals surface area (Å²) >= 11 is 9.36. The van der Waals surface area contributed by atoms with Gasteiger partial charge in [0, 0.05) is 4.47 Å². The van der Waals surface area contributed by atoms with E-state index in [1.54, 1.807) is 18.2 Å². The second-order valence-corrected chi connectivity index (χ2v) is 6.12. The second kappa shape index (κ2) is 5.58. The molecule has 2 aromatic rings. The van der Waals surface area contributed by atoms with Crippen LogP contribution in [0.2, 0.25) is 5.15 Å². The third-order valence-corrected chi connectivity index (χ3v) is 4.25. The number of benzene rings is 1. The number of aromatic nitrogens is 2. The standard InChI is InChI=1S/C14H14BrClN2O2/c1-7(2)11-12(16)17-14(20)18(13(11)19)9-4-5-10(15)8(3)6-9/h4-7H,1-3H3,(H,17,20). The quantitative estimate of drug-likeness (QED) is 0.838. The van der Waals surface area contributed by atoms with Crippen molar-refractivity contribution in [1.29, 1.82) is 0 Å². The van der Waals surface area contributed by atoms with Crippen LogP contribution in [0.3, 0.4) is 0 Å². The fraction of sp³-hybridized carbons (Fsp3) is 0.286. The first-order chi connectivity index (χ1) is 9.32. The molecular formula is C14H14BrClN2O2. The van der Waals surface area contributed by atoms with Gasteiger partial charge in [0.05, 0.1) is 11.3 Å². The van der Waals surface area contributed by atoms with Gasteiger partial charge in [-0.05, 0) is 36.6 Å². The Morgan fingerprint density at radius 1 is 1.30 bits per heavy atom. The van der Waals surface area contributed by atoms with Gasteiger partial charge >= 0.3 is 5.69 Å². The van der Waals surface area contributed by atoms with E-state index in [0.29, 0.717) is 11.3 Å². The van der Waals surface area contributed by atoms with Gasteiger partial charge in [-0.2, -0.15) is 0 Å². The van der Waals surface area contributed by atoms with Gasteiger partial charge in [-0.15, -0.1) is 0 Å². The number of aromatic amines is 1. The lowest BCUT2D eigenvalue weighted by Crippen LogP contribution is -2.36. The number of rotatable bonds is 2. The molecule has 1 aromatic carbocycles. The lowest BCUT2D eigenvalue weighted by atomic mass is 10.1. The molecule has 0 saturated carbocycles. The van der Waals surface area contributed by atoms with E-state index >= 15 is 0 Å². The Morgan fingerprint density at radius 2 is 1.95 bits per heavy atom. The molecule has 0 atom stereocenters. The molecule has 0 radical (unpaired) electrons. The Bertz CT molecular complexity index is 778. The molecule has 6 heteroatoms. The average Bonchev–Trinajstić information content (AvgIpc) is 2.32. The van der Waals surface area contributed by atoms with Crippen LogP contribution in [0.4, 0.5) is 0 Å². The van der Waals surface area contributed by atoms with Gasteiger partial charge in [0.1, 0.15) is 5.15 Å². The van der Waals surface area contributed by atoms with E-state index in [-0.39, 0.29) is 16.6 Å². The zero-order valence-corrected chi connectivity index (χ0v) is 13.7. The molecule has 0 amide bonds. The van der Waals surface area contributed by atoms with E-state index in [0.717, 1.165) is 14.6 Å². The molecule has 0 unspecified atom stereocenters. The molecule has 1 heterocycles. The minimum Gasteiger partial charge on any atom is -0.297 e. The fourth-order valence-electron chi connectivity index (χ4n) is 2.03. The Labute approximate surface area is 129 Å². The molecule has 0 saturated heterocycles. The third kappa shape index (κ3) is 2.60. The van der Waals surface area contributed by atoms with Crippen molar-refractivity contribution in [3.05, 3.63) is 59.8 Å². The zero-order chi connectivity index (χ0) is 15.0. The van der Waals surface area contributed by atoms with Gasteiger partial charge in [-0.25, -0.2) is 9.36 Å². The molecule has 0 aliphatic carbocycles. The van der Waals surface area contributed by atoms with Crippen molar-refractivity contribution >= 4 is 27.5 Å². The second-order valence-electron chi connectivity index (χ2n) is 4.89. The Morgan fingerprint density at radius 3 is 2.50 bits per heavy atom. The number of nitrogens with one attached hydrogen (secondary N) is 1. The fourth-order valence-corrected chi connectivity index (χ4v) is 2.65. The third-order valence-electron chi connectivity index (χ3n) is 3.07. The zero-order valence-electron chi connectivity index (χ0n) is 11.3. The highest BCUT2D eigenvalue weighted by Gasteiger charge is 2.16. The Kier molecular flexibility index (Phi) is 4.20. The number of hydrogen-bond donors (Lipinski definition) is 1. The molecule has 2 rings (SSSR count). The van der Waals surface area contributed by atoms with Crippen LogP contribution in [0.25, 0.3) is 5.69 Å². The topological polar surface area (TPSA) is 54.9 Å². The monoisotopic (exact) mass is 356 g/mol. The van der Waals surface area contributed by atoms with Crippen LogP contribution in [-0.4, -0.2) is 9.55 Å². The highest BCUT2D eigenvalue weighted by molar-refractivity contribution is 9.10. The van der Waals surface area contributed by atoms with Crippen LogP contribution >= 0.6 is 27.5 Å².